The van der Waals surface area contributed by atoms with Gasteiger partial charge in [0.1, 0.15) is 23.1 Å². The maximum atomic E-state index is 5.66. The summed E-state index contributed by atoms with van der Waals surface area (Å²) in [5.74, 6) is 1.34. The first-order chi connectivity index (χ1) is 9.19. The van der Waals surface area contributed by atoms with Gasteiger partial charge in [0.15, 0.2) is 0 Å². The van der Waals surface area contributed by atoms with Gasteiger partial charge in [0, 0.05) is 12.7 Å². The summed E-state index contributed by atoms with van der Waals surface area (Å²) in [6.07, 6.45) is 2.19. The highest BCUT2D eigenvalue weighted by molar-refractivity contribution is 7.80. The maximum Gasteiger partial charge on any atom is 0.133 e. The van der Waals surface area contributed by atoms with Crippen molar-refractivity contribution < 1.29 is 14.2 Å². The summed E-state index contributed by atoms with van der Waals surface area (Å²) in [7, 11) is 1.60. The summed E-state index contributed by atoms with van der Waals surface area (Å²) in [6.45, 7) is 3.91. The van der Waals surface area contributed by atoms with Gasteiger partial charge >= 0.3 is 0 Å². The minimum atomic E-state index is 0.310. The molecule has 0 aliphatic carbocycles. The zero-order chi connectivity index (χ0) is 14.1. The van der Waals surface area contributed by atoms with Gasteiger partial charge in [-0.2, -0.15) is 0 Å². The Hall–Kier alpha value is -1.33. The molecule has 0 unspecified atom stereocenters. The van der Waals surface area contributed by atoms with Crippen molar-refractivity contribution in [1.82, 2.24) is 0 Å². The Bertz CT molecular complexity index is 410. The largest absolute Gasteiger partial charge is 0.497 e. The van der Waals surface area contributed by atoms with Crippen LogP contribution in [0.1, 0.15) is 25.3 Å². The molecule has 4 nitrogen and oxygen atoms in total. The number of hydrogen-bond acceptors (Lipinski definition) is 4. The van der Waals surface area contributed by atoms with E-state index in [2.05, 4.69) is 6.92 Å². The molecule has 0 fully saturated rings. The number of ether oxygens (including phenoxy) is 3. The number of nitrogens with two attached hydrogens (primary N) is 1. The minimum absolute atomic E-state index is 0.310. The Morgan fingerprint density at radius 3 is 2.68 bits per heavy atom. The molecule has 0 atom stereocenters. The van der Waals surface area contributed by atoms with Crippen LogP contribution >= 0.6 is 12.2 Å². The topological polar surface area (TPSA) is 53.7 Å². The molecule has 0 saturated heterocycles. The summed E-state index contributed by atoms with van der Waals surface area (Å²) in [4.78, 5) is 0.310. The first-order valence-electron chi connectivity index (χ1n) is 6.37. The van der Waals surface area contributed by atoms with E-state index in [9.17, 15) is 0 Å². The standard InChI is InChI=1S/C14H21NO3S/c1-3-4-7-17-8-9-18-13-10-11(16-2)5-6-12(13)14(15)19/h5-6,10H,3-4,7-9H2,1-2H3,(H2,15,19). The number of unbranched alkanes of at least 4 members (excludes halogenated alkanes) is 1. The van der Waals surface area contributed by atoms with E-state index in [1.807, 2.05) is 0 Å². The van der Waals surface area contributed by atoms with E-state index in [4.69, 9.17) is 32.2 Å². The average molecular weight is 283 g/mol. The number of hydrogen-bond donors (Lipinski definition) is 1. The van der Waals surface area contributed by atoms with Gasteiger partial charge in [-0.1, -0.05) is 25.6 Å². The van der Waals surface area contributed by atoms with Crippen LogP contribution in [0.2, 0.25) is 0 Å². The highest BCUT2D eigenvalue weighted by Crippen LogP contribution is 2.24. The van der Waals surface area contributed by atoms with Crippen LogP contribution in [0.25, 0.3) is 0 Å². The molecule has 0 aliphatic heterocycles. The fraction of sp³-hybridized carbons (Fsp3) is 0.500. The van der Waals surface area contributed by atoms with Gasteiger partial charge < -0.3 is 19.9 Å². The van der Waals surface area contributed by atoms with Gasteiger partial charge in [-0.15, -0.1) is 0 Å². The van der Waals surface area contributed by atoms with E-state index in [0.29, 0.717) is 35.3 Å². The quantitative estimate of drug-likeness (QED) is 0.557. The third-order valence-corrected chi connectivity index (χ3v) is 2.80. The molecule has 1 aromatic rings. The van der Waals surface area contributed by atoms with Crippen molar-refractivity contribution >= 4 is 17.2 Å². The monoisotopic (exact) mass is 283 g/mol. The number of thiocarbonyl (C=S) groups is 1. The Kier molecular flexibility index (Phi) is 7.22. The summed E-state index contributed by atoms with van der Waals surface area (Å²) < 4.78 is 16.2. The zero-order valence-corrected chi connectivity index (χ0v) is 12.3. The van der Waals surface area contributed by atoms with Crippen LogP contribution < -0.4 is 15.2 Å². The van der Waals surface area contributed by atoms with Gasteiger partial charge in [0.25, 0.3) is 0 Å². The summed E-state index contributed by atoms with van der Waals surface area (Å²) in [5, 5.41) is 0. The lowest BCUT2D eigenvalue weighted by molar-refractivity contribution is 0.0979. The molecule has 0 spiro atoms. The number of rotatable bonds is 9. The van der Waals surface area contributed by atoms with Crippen LogP contribution in [0, 0.1) is 0 Å². The molecule has 0 amide bonds. The van der Waals surface area contributed by atoms with Gasteiger partial charge in [-0.05, 0) is 18.6 Å². The van der Waals surface area contributed by atoms with Gasteiger partial charge in [-0.25, -0.2) is 0 Å². The van der Waals surface area contributed by atoms with Crippen molar-refractivity contribution in [2.45, 2.75) is 19.8 Å². The molecular formula is C14H21NO3S. The second-order valence-electron chi connectivity index (χ2n) is 4.04. The second-order valence-corrected chi connectivity index (χ2v) is 4.48. The van der Waals surface area contributed by atoms with E-state index in [0.717, 1.165) is 19.4 Å². The predicted octanol–water partition coefficient (Wildman–Crippen LogP) is 2.52. The normalized spacial score (nSPS) is 10.2. The summed E-state index contributed by atoms with van der Waals surface area (Å²) >= 11 is 4.99. The van der Waals surface area contributed by atoms with Crippen LogP contribution in [0.4, 0.5) is 0 Å². The fourth-order valence-electron chi connectivity index (χ4n) is 1.51. The molecule has 0 aromatic heterocycles. The molecule has 2 N–H and O–H groups in total. The van der Waals surface area contributed by atoms with E-state index >= 15 is 0 Å². The van der Waals surface area contributed by atoms with Gasteiger partial charge in [0.2, 0.25) is 0 Å². The predicted molar refractivity (Wildman–Crippen MR) is 80.1 cm³/mol. The van der Waals surface area contributed by atoms with E-state index in [-0.39, 0.29) is 0 Å². The first-order valence-corrected chi connectivity index (χ1v) is 6.78. The molecule has 1 rings (SSSR count). The van der Waals surface area contributed by atoms with Crippen LogP contribution in [0.15, 0.2) is 18.2 Å². The van der Waals surface area contributed by atoms with E-state index in [1.165, 1.54) is 0 Å². The first kappa shape index (κ1) is 15.7. The Morgan fingerprint density at radius 2 is 2.05 bits per heavy atom. The smallest absolute Gasteiger partial charge is 0.133 e. The van der Waals surface area contributed by atoms with Crippen molar-refractivity contribution in [2.24, 2.45) is 5.73 Å². The number of methoxy groups -OCH3 is 1. The molecule has 19 heavy (non-hydrogen) atoms. The second kappa shape index (κ2) is 8.72. The summed E-state index contributed by atoms with van der Waals surface area (Å²) in [5.41, 5.74) is 6.37. The zero-order valence-electron chi connectivity index (χ0n) is 11.5. The van der Waals surface area contributed by atoms with E-state index < -0.39 is 0 Å². The lowest BCUT2D eigenvalue weighted by atomic mass is 10.2. The average Bonchev–Trinajstić information content (AvgIpc) is 2.42. The van der Waals surface area contributed by atoms with Crippen molar-refractivity contribution in [2.75, 3.05) is 26.9 Å². The molecule has 0 saturated carbocycles. The van der Waals surface area contributed by atoms with Crippen LogP contribution in [-0.2, 0) is 4.74 Å². The van der Waals surface area contributed by atoms with Crippen LogP contribution in [0.5, 0.6) is 11.5 Å². The van der Waals surface area contributed by atoms with Gasteiger partial charge in [0.05, 0.1) is 19.3 Å². The number of benzene rings is 1. The Balaban J connectivity index is 2.52. The highest BCUT2D eigenvalue weighted by atomic mass is 32.1. The maximum absolute atomic E-state index is 5.66. The molecule has 1 aromatic carbocycles. The van der Waals surface area contributed by atoms with Gasteiger partial charge in [-0.3, -0.25) is 0 Å². The highest BCUT2D eigenvalue weighted by Gasteiger charge is 2.08. The molecule has 0 heterocycles. The third-order valence-electron chi connectivity index (χ3n) is 2.58. The Morgan fingerprint density at radius 1 is 1.26 bits per heavy atom. The van der Waals surface area contributed by atoms with Crippen molar-refractivity contribution in [3.63, 3.8) is 0 Å². The molecule has 0 aliphatic rings. The van der Waals surface area contributed by atoms with Crippen molar-refractivity contribution in [1.29, 1.82) is 0 Å². The van der Waals surface area contributed by atoms with Crippen molar-refractivity contribution in [3.05, 3.63) is 23.8 Å². The van der Waals surface area contributed by atoms with Crippen molar-refractivity contribution in [3.8, 4) is 11.5 Å². The lowest BCUT2D eigenvalue weighted by Gasteiger charge is -2.12. The van der Waals surface area contributed by atoms with E-state index in [1.54, 1.807) is 25.3 Å². The summed E-state index contributed by atoms with van der Waals surface area (Å²) in [6, 6.07) is 5.38. The van der Waals surface area contributed by atoms with Crippen LogP contribution in [-0.4, -0.2) is 31.9 Å². The molecule has 0 bridgehead atoms. The fourth-order valence-corrected chi connectivity index (χ4v) is 1.68. The third kappa shape index (κ3) is 5.44. The van der Waals surface area contributed by atoms with Crippen LogP contribution in [0.3, 0.4) is 0 Å². The SMILES string of the molecule is CCCCOCCOc1cc(OC)ccc1C(N)=S. The minimum Gasteiger partial charge on any atom is -0.497 e. The molecular weight excluding hydrogens is 262 g/mol. The Labute approximate surface area is 119 Å². The molecule has 0 radical (unpaired) electrons. The molecule has 106 valence electrons. The molecule has 5 heteroatoms. The lowest BCUT2D eigenvalue weighted by Crippen LogP contribution is -2.14.